The molecular formula is C17H27N3O2. The number of hydrogen-bond donors (Lipinski definition) is 1. The predicted molar refractivity (Wildman–Crippen MR) is 87.5 cm³/mol. The standard InChI is InChI=1S/C17H27N3O2/c1-2-22-17-9-5-8-16(18-17)20-12-10-19(11-13-20)14-6-3-4-7-15(14)21/h5,8-9,14-15,21H,2-4,6-7,10-13H2,1H3. The van der Waals surface area contributed by atoms with Crippen LogP contribution in [0.1, 0.15) is 32.6 Å². The van der Waals surface area contributed by atoms with Crippen LogP contribution >= 0.6 is 0 Å². The molecule has 2 aliphatic rings. The number of aliphatic hydroxyl groups is 1. The normalized spacial score (nSPS) is 26.9. The zero-order valence-electron chi connectivity index (χ0n) is 13.4. The highest BCUT2D eigenvalue weighted by Gasteiger charge is 2.31. The summed E-state index contributed by atoms with van der Waals surface area (Å²) in [6.07, 6.45) is 4.38. The van der Waals surface area contributed by atoms with Gasteiger partial charge in [-0.2, -0.15) is 4.98 Å². The number of nitrogens with zero attached hydrogens (tertiary/aromatic N) is 3. The molecule has 0 bridgehead atoms. The average Bonchev–Trinajstić information content (AvgIpc) is 2.56. The topological polar surface area (TPSA) is 48.8 Å². The van der Waals surface area contributed by atoms with E-state index in [9.17, 15) is 5.11 Å². The van der Waals surface area contributed by atoms with Crippen molar-refractivity contribution in [3.8, 4) is 5.88 Å². The van der Waals surface area contributed by atoms with Crippen LogP contribution in [0.15, 0.2) is 18.2 Å². The van der Waals surface area contributed by atoms with Gasteiger partial charge in [-0.25, -0.2) is 0 Å². The lowest BCUT2D eigenvalue weighted by Gasteiger charge is -2.43. The van der Waals surface area contributed by atoms with Crippen molar-refractivity contribution in [2.24, 2.45) is 0 Å². The first-order valence-electron chi connectivity index (χ1n) is 8.55. The van der Waals surface area contributed by atoms with Crippen molar-refractivity contribution in [3.05, 3.63) is 18.2 Å². The number of rotatable bonds is 4. The molecule has 5 nitrogen and oxygen atoms in total. The van der Waals surface area contributed by atoms with Crippen LogP contribution in [-0.4, -0.2) is 59.9 Å². The second-order valence-corrected chi connectivity index (χ2v) is 6.21. The molecule has 1 aliphatic heterocycles. The maximum absolute atomic E-state index is 10.2. The van der Waals surface area contributed by atoms with Gasteiger partial charge in [0.05, 0.1) is 12.7 Å². The number of anilines is 1. The molecule has 1 N–H and O–H groups in total. The molecule has 2 atom stereocenters. The first kappa shape index (κ1) is 15.6. The van der Waals surface area contributed by atoms with E-state index < -0.39 is 0 Å². The maximum atomic E-state index is 10.2. The molecule has 0 aromatic carbocycles. The summed E-state index contributed by atoms with van der Waals surface area (Å²) in [6.45, 7) is 6.55. The van der Waals surface area contributed by atoms with E-state index in [0.29, 0.717) is 18.5 Å². The number of aromatic nitrogens is 1. The van der Waals surface area contributed by atoms with Crippen LogP contribution in [0.5, 0.6) is 5.88 Å². The van der Waals surface area contributed by atoms with Gasteiger partial charge in [-0.15, -0.1) is 0 Å². The van der Waals surface area contributed by atoms with Gasteiger partial charge in [-0.3, -0.25) is 4.90 Å². The molecule has 2 fully saturated rings. The van der Waals surface area contributed by atoms with Crippen molar-refractivity contribution in [2.75, 3.05) is 37.7 Å². The van der Waals surface area contributed by atoms with Crippen molar-refractivity contribution < 1.29 is 9.84 Å². The van der Waals surface area contributed by atoms with Crippen molar-refractivity contribution in [1.82, 2.24) is 9.88 Å². The summed E-state index contributed by atoms with van der Waals surface area (Å²) in [5.74, 6) is 1.69. The van der Waals surface area contributed by atoms with E-state index in [-0.39, 0.29) is 6.10 Å². The lowest BCUT2D eigenvalue weighted by Crippen LogP contribution is -2.54. The Kier molecular flexibility index (Phi) is 5.16. The largest absolute Gasteiger partial charge is 0.478 e. The van der Waals surface area contributed by atoms with E-state index >= 15 is 0 Å². The third-order valence-electron chi connectivity index (χ3n) is 4.80. The molecule has 0 amide bonds. The third-order valence-corrected chi connectivity index (χ3v) is 4.80. The lowest BCUT2D eigenvalue weighted by atomic mass is 9.91. The van der Waals surface area contributed by atoms with Crippen molar-refractivity contribution in [1.29, 1.82) is 0 Å². The van der Waals surface area contributed by atoms with Gasteiger partial charge in [-0.05, 0) is 25.8 Å². The van der Waals surface area contributed by atoms with E-state index in [0.717, 1.165) is 44.8 Å². The number of piperazine rings is 1. The maximum Gasteiger partial charge on any atom is 0.215 e. The van der Waals surface area contributed by atoms with Crippen LogP contribution in [-0.2, 0) is 0 Å². The first-order chi connectivity index (χ1) is 10.8. The van der Waals surface area contributed by atoms with Gasteiger partial charge in [0.15, 0.2) is 0 Å². The fourth-order valence-electron chi connectivity index (χ4n) is 3.61. The zero-order valence-corrected chi connectivity index (χ0v) is 13.4. The second-order valence-electron chi connectivity index (χ2n) is 6.21. The van der Waals surface area contributed by atoms with Gasteiger partial charge in [0.1, 0.15) is 5.82 Å². The molecule has 1 aliphatic carbocycles. The predicted octanol–water partition coefficient (Wildman–Crippen LogP) is 1.91. The Morgan fingerprint density at radius 1 is 1.18 bits per heavy atom. The fourth-order valence-corrected chi connectivity index (χ4v) is 3.61. The molecular weight excluding hydrogens is 278 g/mol. The highest BCUT2D eigenvalue weighted by atomic mass is 16.5. The SMILES string of the molecule is CCOc1cccc(N2CCN(C3CCCCC3O)CC2)n1. The Morgan fingerprint density at radius 3 is 2.68 bits per heavy atom. The Hall–Kier alpha value is -1.33. The summed E-state index contributed by atoms with van der Waals surface area (Å²) in [5, 5.41) is 10.2. The lowest BCUT2D eigenvalue weighted by molar-refractivity contribution is 0.0172. The van der Waals surface area contributed by atoms with Gasteiger partial charge in [0.25, 0.3) is 0 Å². The molecule has 2 heterocycles. The summed E-state index contributed by atoms with van der Waals surface area (Å²) in [6, 6.07) is 6.32. The molecule has 2 unspecified atom stereocenters. The number of ether oxygens (including phenoxy) is 1. The van der Waals surface area contributed by atoms with Crippen LogP contribution in [0, 0.1) is 0 Å². The second kappa shape index (κ2) is 7.29. The zero-order chi connectivity index (χ0) is 15.4. The minimum atomic E-state index is -0.139. The molecule has 1 aromatic heterocycles. The minimum Gasteiger partial charge on any atom is -0.478 e. The molecule has 1 saturated carbocycles. The van der Waals surface area contributed by atoms with Gasteiger partial charge in [0, 0.05) is 38.3 Å². The number of pyridine rings is 1. The number of aliphatic hydroxyl groups excluding tert-OH is 1. The monoisotopic (exact) mass is 305 g/mol. The quantitative estimate of drug-likeness (QED) is 0.921. The van der Waals surface area contributed by atoms with Gasteiger partial charge < -0.3 is 14.7 Å². The number of hydrogen-bond acceptors (Lipinski definition) is 5. The van der Waals surface area contributed by atoms with Gasteiger partial charge >= 0.3 is 0 Å². The summed E-state index contributed by atoms with van der Waals surface area (Å²) in [4.78, 5) is 9.35. The first-order valence-corrected chi connectivity index (χ1v) is 8.55. The third kappa shape index (κ3) is 3.52. The molecule has 1 saturated heterocycles. The highest BCUT2D eigenvalue weighted by Crippen LogP contribution is 2.25. The summed E-state index contributed by atoms with van der Waals surface area (Å²) < 4.78 is 5.49. The van der Waals surface area contributed by atoms with Crippen molar-refractivity contribution in [3.63, 3.8) is 0 Å². The highest BCUT2D eigenvalue weighted by molar-refractivity contribution is 5.41. The van der Waals surface area contributed by atoms with E-state index in [4.69, 9.17) is 4.74 Å². The molecule has 5 heteroatoms. The fraction of sp³-hybridized carbons (Fsp3) is 0.706. The van der Waals surface area contributed by atoms with Gasteiger partial charge in [-0.1, -0.05) is 18.9 Å². The minimum absolute atomic E-state index is 0.139. The molecule has 122 valence electrons. The van der Waals surface area contributed by atoms with E-state index in [2.05, 4.69) is 14.8 Å². The summed E-state index contributed by atoms with van der Waals surface area (Å²) in [5.41, 5.74) is 0. The van der Waals surface area contributed by atoms with E-state index in [1.54, 1.807) is 0 Å². The van der Waals surface area contributed by atoms with Crippen molar-refractivity contribution >= 4 is 5.82 Å². The van der Waals surface area contributed by atoms with Crippen LogP contribution < -0.4 is 9.64 Å². The molecule has 0 spiro atoms. The van der Waals surface area contributed by atoms with Crippen LogP contribution in [0.3, 0.4) is 0 Å². The smallest absolute Gasteiger partial charge is 0.215 e. The molecule has 0 radical (unpaired) electrons. The molecule has 1 aromatic rings. The van der Waals surface area contributed by atoms with Crippen molar-refractivity contribution in [2.45, 2.75) is 44.8 Å². The van der Waals surface area contributed by atoms with E-state index in [1.807, 2.05) is 25.1 Å². The summed E-state index contributed by atoms with van der Waals surface area (Å²) in [7, 11) is 0. The van der Waals surface area contributed by atoms with Gasteiger partial charge in [0.2, 0.25) is 5.88 Å². The molecule has 22 heavy (non-hydrogen) atoms. The van der Waals surface area contributed by atoms with Crippen LogP contribution in [0.4, 0.5) is 5.82 Å². The Morgan fingerprint density at radius 2 is 1.95 bits per heavy atom. The average molecular weight is 305 g/mol. The van der Waals surface area contributed by atoms with E-state index in [1.165, 1.54) is 12.8 Å². The Bertz CT molecular complexity index is 475. The Balaban J connectivity index is 1.58. The van der Waals surface area contributed by atoms with Crippen LogP contribution in [0.2, 0.25) is 0 Å². The van der Waals surface area contributed by atoms with Crippen LogP contribution in [0.25, 0.3) is 0 Å². The summed E-state index contributed by atoms with van der Waals surface area (Å²) >= 11 is 0. The molecule has 3 rings (SSSR count). The Labute approximate surface area is 132 Å².